The summed E-state index contributed by atoms with van der Waals surface area (Å²) in [6.07, 6.45) is 2.55. The second-order valence-electron chi connectivity index (χ2n) is 4.93. The highest BCUT2D eigenvalue weighted by molar-refractivity contribution is 5.61. The van der Waals surface area contributed by atoms with Gasteiger partial charge in [0.1, 0.15) is 0 Å². The quantitative estimate of drug-likeness (QED) is 0.672. The Balaban J connectivity index is 2.05. The number of piperidine rings is 1. The predicted molar refractivity (Wildman–Crippen MR) is 63.5 cm³/mol. The molecule has 2 heteroatoms. The molecule has 0 bridgehead atoms. The van der Waals surface area contributed by atoms with E-state index in [0.717, 1.165) is 19.6 Å². The Labute approximate surface area is 91.1 Å². The van der Waals surface area contributed by atoms with E-state index in [1.54, 1.807) is 5.56 Å². The van der Waals surface area contributed by atoms with Gasteiger partial charge in [0.2, 0.25) is 0 Å². The fraction of sp³-hybridized carbons (Fsp3) is 0.538. The fourth-order valence-corrected chi connectivity index (χ4v) is 2.96. The van der Waals surface area contributed by atoms with Crippen LogP contribution >= 0.6 is 0 Å². The van der Waals surface area contributed by atoms with Gasteiger partial charge in [0, 0.05) is 17.6 Å². The van der Waals surface area contributed by atoms with Gasteiger partial charge in [-0.05, 0) is 44.5 Å². The third-order valence-corrected chi connectivity index (χ3v) is 3.92. The Bertz CT molecular complexity index is 373. The van der Waals surface area contributed by atoms with E-state index in [4.69, 9.17) is 0 Å². The molecule has 0 aromatic heterocycles. The van der Waals surface area contributed by atoms with Crippen molar-refractivity contribution in [3.63, 3.8) is 0 Å². The van der Waals surface area contributed by atoms with Gasteiger partial charge in [0.15, 0.2) is 0 Å². The molecule has 3 rings (SSSR count). The maximum absolute atomic E-state index is 3.56. The molecule has 0 atom stereocenters. The average Bonchev–Trinajstić information content (AvgIpc) is 2.59. The first-order chi connectivity index (χ1) is 7.30. The molecule has 2 nitrogen and oxygen atoms in total. The number of aryl methyl sites for hydroxylation is 1. The van der Waals surface area contributed by atoms with Gasteiger partial charge in [0.05, 0.1) is 0 Å². The molecule has 1 aromatic carbocycles. The Kier molecular flexibility index (Phi) is 1.99. The van der Waals surface area contributed by atoms with Crippen molar-refractivity contribution < 1.29 is 0 Å². The van der Waals surface area contributed by atoms with Crippen LogP contribution in [0.15, 0.2) is 18.2 Å². The van der Waals surface area contributed by atoms with Crippen molar-refractivity contribution in [2.24, 2.45) is 0 Å². The normalized spacial score (nSPS) is 22.5. The van der Waals surface area contributed by atoms with E-state index < -0.39 is 0 Å². The van der Waals surface area contributed by atoms with Crippen LogP contribution in [0.1, 0.15) is 24.0 Å². The maximum Gasteiger partial charge on any atom is 0.0379 e. The smallest absolute Gasteiger partial charge is 0.0379 e. The summed E-state index contributed by atoms with van der Waals surface area (Å²) in [5, 5.41) is 7.01. The molecular weight excluding hydrogens is 184 g/mol. The summed E-state index contributed by atoms with van der Waals surface area (Å²) in [6, 6.07) is 6.81. The Hall–Kier alpha value is -1.02. The Morgan fingerprint density at radius 1 is 1.20 bits per heavy atom. The van der Waals surface area contributed by atoms with E-state index in [-0.39, 0.29) is 0 Å². The number of hydrogen-bond acceptors (Lipinski definition) is 2. The molecule has 2 heterocycles. The molecule has 15 heavy (non-hydrogen) atoms. The van der Waals surface area contributed by atoms with E-state index in [0.29, 0.717) is 5.41 Å². The monoisotopic (exact) mass is 202 g/mol. The molecule has 1 saturated heterocycles. The van der Waals surface area contributed by atoms with Crippen molar-refractivity contribution in [1.29, 1.82) is 0 Å². The highest BCUT2D eigenvalue weighted by Crippen LogP contribution is 2.42. The minimum Gasteiger partial charge on any atom is -0.384 e. The second-order valence-corrected chi connectivity index (χ2v) is 4.93. The van der Waals surface area contributed by atoms with Gasteiger partial charge < -0.3 is 10.6 Å². The molecule has 2 aliphatic heterocycles. The molecule has 0 aliphatic carbocycles. The lowest BCUT2D eigenvalue weighted by atomic mass is 9.74. The maximum atomic E-state index is 3.56. The lowest BCUT2D eigenvalue weighted by Crippen LogP contribution is -2.41. The number of nitrogens with one attached hydrogen (secondary N) is 2. The molecule has 1 spiro atoms. The first-order valence-electron chi connectivity index (χ1n) is 5.86. The largest absolute Gasteiger partial charge is 0.384 e. The Morgan fingerprint density at radius 2 is 2.00 bits per heavy atom. The van der Waals surface area contributed by atoms with E-state index in [2.05, 4.69) is 35.8 Å². The zero-order chi connectivity index (χ0) is 10.3. The van der Waals surface area contributed by atoms with Crippen molar-refractivity contribution in [2.75, 3.05) is 25.0 Å². The molecular formula is C13H18N2. The van der Waals surface area contributed by atoms with Crippen LogP contribution in [0.25, 0.3) is 0 Å². The minimum atomic E-state index is 0.423. The summed E-state index contributed by atoms with van der Waals surface area (Å²) >= 11 is 0. The standard InChI is InChI=1S/C13H18N2/c1-10-2-3-12-11(8-10)13(9-15-12)4-6-14-7-5-13/h2-3,8,14-15H,4-7,9H2,1H3. The topological polar surface area (TPSA) is 24.1 Å². The van der Waals surface area contributed by atoms with Crippen molar-refractivity contribution in [2.45, 2.75) is 25.2 Å². The first kappa shape index (κ1) is 9.22. The van der Waals surface area contributed by atoms with Crippen molar-refractivity contribution in [1.82, 2.24) is 5.32 Å². The summed E-state index contributed by atoms with van der Waals surface area (Å²) in [7, 11) is 0. The lowest BCUT2D eigenvalue weighted by Gasteiger charge is -2.34. The first-order valence-corrected chi connectivity index (χ1v) is 5.86. The van der Waals surface area contributed by atoms with E-state index in [9.17, 15) is 0 Å². The van der Waals surface area contributed by atoms with Crippen molar-refractivity contribution >= 4 is 5.69 Å². The van der Waals surface area contributed by atoms with Crippen LogP contribution in [-0.4, -0.2) is 19.6 Å². The van der Waals surface area contributed by atoms with Gasteiger partial charge >= 0.3 is 0 Å². The molecule has 0 radical (unpaired) electrons. The number of rotatable bonds is 0. The summed E-state index contributed by atoms with van der Waals surface area (Å²) in [5.41, 5.74) is 4.73. The number of fused-ring (bicyclic) bond motifs is 2. The van der Waals surface area contributed by atoms with Crippen LogP contribution in [0.3, 0.4) is 0 Å². The zero-order valence-corrected chi connectivity index (χ0v) is 9.27. The average molecular weight is 202 g/mol. The number of anilines is 1. The van der Waals surface area contributed by atoms with E-state index in [1.807, 2.05) is 0 Å². The number of benzene rings is 1. The van der Waals surface area contributed by atoms with E-state index in [1.165, 1.54) is 24.1 Å². The number of hydrogen-bond donors (Lipinski definition) is 2. The van der Waals surface area contributed by atoms with Gasteiger partial charge in [-0.2, -0.15) is 0 Å². The van der Waals surface area contributed by atoms with Crippen molar-refractivity contribution in [3.05, 3.63) is 29.3 Å². The predicted octanol–water partition coefficient (Wildman–Crippen LogP) is 2.04. The van der Waals surface area contributed by atoms with Crippen LogP contribution < -0.4 is 10.6 Å². The zero-order valence-electron chi connectivity index (χ0n) is 9.27. The summed E-state index contributed by atoms with van der Waals surface area (Å²) in [4.78, 5) is 0. The fourth-order valence-electron chi connectivity index (χ4n) is 2.96. The molecule has 1 aromatic rings. The summed E-state index contributed by atoms with van der Waals surface area (Å²) in [6.45, 7) is 5.64. The van der Waals surface area contributed by atoms with Gasteiger partial charge in [-0.15, -0.1) is 0 Å². The van der Waals surface area contributed by atoms with Gasteiger partial charge in [0.25, 0.3) is 0 Å². The molecule has 0 unspecified atom stereocenters. The minimum absolute atomic E-state index is 0.423. The van der Waals surface area contributed by atoms with Crippen LogP contribution in [-0.2, 0) is 5.41 Å². The lowest BCUT2D eigenvalue weighted by molar-refractivity contribution is 0.335. The Morgan fingerprint density at radius 3 is 2.80 bits per heavy atom. The van der Waals surface area contributed by atoms with Crippen LogP contribution in [0.4, 0.5) is 5.69 Å². The summed E-state index contributed by atoms with van der Waals surface area (Å²) < 4.78 is 0. The van der Waals surface area contributed by atoms with Crippen molar-refractivity contribution in [3.8, 4) is 0 Å². The molecule has 1 fully saturated rings. The third-order valence-electron chi connectivity index (χ3n) is 3.92. The van der Waals surface area contributed by atoms with Crippen LogP contribution in [0.5, 0.6) is 0 Å². The van der Waals surface area contributed by atoms with Crippen LogP contribution in [0.2, 0.25) is 0 Å². The van der Waals surface area contributed by atoms with Gasteiger partial charge in [-0.3, -0.25) is 0 Å². The molecule has 2 N–H and O–H groups in total. The third kappa shape index (κ3) is 1.36. The van der Waals surface area contributed by atoms with Crippen LogP contribution in [0, 0.1) is 6.92 Å². The van der Waals surface area contributed by atoms with Gasteiger partial charge in [-0.1, -0.05) is 17.7 Å². The second kappa shape index (κ2) is 3.24. The highest BCUT2D eigenvalue weighted by Gasteiger charge is 2.39. The molecule has 0 saturated carbocycles. The molecule has 80 valence electrons. The molecule has 2 aliphatic rings. The highest BCUT2D eigenvalue weighted by atomic mass is 15.0. The van der Waals surface area contributed by atoms with Gasteiger partial charge in [-0.25, -0.2) is 0 Å². The molecule has 0 amide bonds. The summed E-state index contributed by atoms with van der Waals surface area (Å²) in [5.74, 6) is 0. The SMILES string of the molecule is Cc1ccc2c(c1)C1(CCNCC1)CN2. The van der Waals surface area contributed by atoms with E-state index >= 15 is 0 Å².